The molecule has 0 aliphatic heterocycles. The Balaban J connectivity index is 1.69. The number of anilines is 1. The molecule has 1 aromatic carbocycles. The summed E-state index contributed by atoms with van der Waals surface area (Å²) in [5, 5.41) is 7.00. The molecule has 2 heterocycles. The van der Waals surface area contributed by atoms with E-state index in [2.05, 4.69) is 15.4 Å². The number of hydrogen-bond donors (Lipinski definition) is 1. The molecule has 0 fully saturated rings. The maximum Gasteiger partial charge on any atom is 0.416 e. The van der Waals surface area contributed by atoms with Gasteiger partial charge in [-0.25, -0.2) is 4.98 Å². The number of amides is 1. The fourth-order valence-electron chi connectivity index (χ4n) is 2.24. The number of halogens is 5. The van der Waals surface area contributed by atoms with E-state index in [1.807, 2.05) is 0 Å². The summed E-state index contributed by atoms with van der Waals surface area (Å²) in [6.07, 6.45) is -1.55. The average Bonchev–Trinajstić information content (AvgIpc) is 3.03. The minimum absolute atomic E-state index is 0.0156. The lowest BCUT2D eigenvalue weighted by Gasteiger charge is -2.10. The van der Waals surface area contributed by atoms with Crippen molar-refractivity contribution in [3.8, 4) is 0 Å². The SMILES string of the molecule is O=C(Nc1ccn(Cc2ccc(C(F)(F)F)cc2Cl)n1)c1ccc(Cl)nc1. The first-order chi connectivity index (χ1) is 12.7. The minimum atomic E-state index is -4.46. The zero-order valence-corrected chi connectivity index (χ0v) is 15.0. The van der Waals surface area contributed by atoms with Crippen LogP contribution < -0.4 is 5.32 Å². The highest BCUT2D eigenvalue weighted by atomic mass is 35.5. The van der Waals surface area contributed by atoms with E-state index in [1.54, 1.807) is 12.3 Å². The predicted octanol–water partition coefficient (Wildman–Crippen LogP) is 4.90. The summed E-state index contributed by atoms with van der Waals surface area (Å²) in [6.45, 7) is 0.148. The molecule has 0 spiro atoms. The van der Waals surface area contributed by atoms with E-state index in [1.165, 1.54) is 29.1 Å². The van der Waals surface area contributed by atoms with Crippen LogP contribution in [-0.2, 0) is 12.7 Å². The lowest BCUT2D eigenvalue weighted by Crippen LogP contribution is -2.13. The van der Waals surface area contributed by atoms with E-state index >= 15 is 0 Å². The first-order valence-corrected chi connectivity index (χ1v) is 8.30. The van der Waals surface area contributed by atoms with Gasteiger partial charge in [-0.05, 0) is 29.8 Å². The molecule has 1 amide bonds. The highest BCUT2D eigenvalue weighted by Crippen LogP contribution is 2.32. The van der Waals surface area contributed by atoms with Gasteiger partial charge in [-0.15, -0.1) is 0 Å². The summed E-state index contributed by atoms with van der Waals surface area (Å²) in [6, 6.07) is 7.69. The third-order valence-corrected chi connectivity index (χ3v) is 4.16. The van der Waals surface area contributed by atoms with Crippen LogP contribution in [0.25, 0.3) is 0 Å². The van der Waals surface area contributed by atoms with E-state index in [-0.39, 0.29) is 22.5 Å². The van der Waals surface area contributed by atoms with Crippen molar-refractivity contribution in [2.75, 3.05) is 5.32 Å². The molecule has 5 nitrogen and oxygen atoms in total. The molecule has 0 saturated heterocycles. The van der Waals surface area contributed by atoms with Gasteiger partial charge < -0.3 is 5.32 Å². The van der Waals surface area contributed by atoms with Crippen molar-refractivity contribution in [1.29, 1.82) is 0 Å². The molecular weight excluding hydrogens is 404 g/mol. The van der Waals surface area contributed by atoms with E-state index in [0.29, 0.717) is 11.1 Å². The van der Waals surface area contributed by atoms with Crippen LogP contribution in [0.5, 0.6) is 0 Å². The fraction of sp³-hybridized carbons (Fsp3) is 0.118. The molecule has 3 aromatic rings. The van der Waals surface area contributed by atoms with Crippen molar-refractivity contribution < 1.29 is 18.0 Å². The molecule has 0 aliphatic rings. The Labute approximate surface area is 161 Å². The minimum Gasteiger partial charge on any atom is -0.305 e. The Morgan fingerprint density at radius 3 is 2.56 bits per heavy atom. The van der Waals surface area contributed by atoms with Gasteiger partial charge >= 0.3 is 6.18 Å². The van der Waals surface area contributed by atoms with E-state index in [9.17, 15) is 18.0 Å². The third kappa shape index (κ3) is 4.78. The monoisotopic (exact) mass is 414 g/mol. The van der Waals surface area contributed by atoms with Crippen molar-refractivity contribution in [1.82, 2.24) is 14.8 Å². The van der Waals surface area contributed by atoms with Gasteiger partial charge in [0.25, 0.3) is 5.91 Å². The van der Waals surface area contributed by atoms with Gasteiger partial charge in [0.05, 0.1) is 17.7 Å². The van der Waals surface area contributed by atoms with Crippen molar-refractivity contribution in [2.24, 2.45) is 0 Å². The molecule has 10 heteroatoms. The zero-order chi connectivity index (χ0) is 19.6. The summed E-state index contributed by atoms with van der Waals surface area (Å²) in [5.74, 6) is -0.144. The second-order valence-corrected chi connectivity index (χ2v) is 6.32. The summed E-state index contributed by atoms with van der Waals surface area (Å²) in [7, 11) is 0. The Bertz CT molecular complexity index is 971. The highest BCUT2D eigenvalue weighted by molar-refractivity contribution is 6.31. The molecule has 0 unspecified atom stereocenters. The highest BCUT2D eigenvalue weighted by Gasteiger charge is 2.30. The molecule has 0 bridgehead atoms. The maximum atomic E-state index is 12.7. The van der Waals surface area contributed by atoms with Gasteiger partial charge in [0.2, 0.25) is 0 Å². The molecule has 0 saturated carbocycles. The molecule has 140 valence electrons. The number of carbonyl (C=O) groups excluding carboxylic acids is 1. The van der Waals surface area contributed by atoms with Crippen LogP contribution in [0.4, 0.5) is 19.0 Å². The van der Waals surface area contributed by atoms with Crippen LogP contribution in [0.2, 0.25) is 10.2 Å². The fourth-order valence-corrected chi connectivity index (χ4v) is 2.59. The number of aromatic nitrogens is 3. The Kier molecular flexibility index (Phi) is 5.38. The number of nitrogens with zero attached hydrogens (tertiary/aromatic N) is 3. The van der Waals surface area contributed by atoms with Crippen molar-refractivity contribution in [2.45, 2.75) is 12.7 Å². The Hall–Kier alpha value is -2.58. The topological polar surface area (TPSA) is 59.8 Å². The Morgan fingerprint density at radius 1 is 1.15 bits per heavy atom. The van der Waals surface area contributed by atoms with E-state index in [0.717, 1.165) is 12.1 Å². The number of benzene rings is 1. The smallest absolute Gasteiger partial charge is 0.305 e. The largest absolute Gasteiger partial charge is 0.416 e. The van der Waals surface area contributed by atoms with Gasteiger partial charge in [-0.2, -0.15) is 18.3 Å². The van der Waals surface area contributed by atoms with Gasteiger partial charge in [0.15, 0.2) is 5.82 Å². The second-order valence-electron chi connectivity index (χ2n) is 5.53. The predicted molar refractivity (Wildman–Crippen MR) is 95.0 cm³/mol. The Morgan fingerprint density at radius 2 is 1.93 bits per heavy atom. The molecule has 0 aliphatic carbocycles. The average molecular weight is 415 g/mol. The second kappa shape index (κ2) is 7.58. The normalized spacial score (nSPS) is 11.4. The van der Waals surface area contributed by atoms with E-state index < -0.39 is 17.6 Å². The molecule has 2 aromatic heterocycles. The third-order valence-electron chi connectivity index (χ3n) is 3.58. The van der Waals surface area contributed by atoms with Gasteiger partial charge in [-0.1, -0.05) is 29.3 Å². The van der Waals surface area contributed by atoms with Crippen LogP contribution in [0, 0.1) is 0 Å². The first-order valence-electron chi connectivity index (χ1n) is 7.54. The van der Waals surface area contributed by atoms with Crippen molar-refractivity contribution >= 4 is 34.9 Å². The van der Waals surface area contributed by atoms with Crippen LogP contribution in [0.15, 0.2) is 48.8 Å². The molecule has 0 radical (unpaired) electrons. The summed E-state index contributed by atoms with van der Waals surface area (Å²) in [4.78, 5) is 15.9. The number of nitrogens with one attached hydrogen (secondary N) is 1. The molecule has 27 heavy (non-hydrogen) atoms. The van der Waals surface area contributed by atoms with Gasteiger partial charge in [0, 0.05) is 23.5 Å². The summed E-state index contributed by atoms with van der Waals surface area (Å²) in [5.41, 5.74) is -0.0477. The number of alkyl halides is 3. The molecule has 3 rings (SSSR count). The van der Waals surface area contributed by atoms with Crippen LogP contribution in [0.1, 0.15) is 21.5 Å². The number of pyridine rings is 1. The van der Waals surface area contributed by atoms with Crippen molar-refractivity contribution in [3.63, 3.8) is 0 Å². The molecule has 1 N–H and O–H groups in total. The van der Waals surface area contributed by atoms with Crippen LogP contribution in [0.3, 0.4) is 0 Å². The number of hydrogen-bond acceptors (Lipinski definition) is 3. The molecule has 0 atom stereocenters. The zero-order valence-electron chi connectivity index (χ0n) is 13.5. The first kappa shape index (κ1) is 19.2. The lowest BCUT2D eigenvalue weighted by molar-refractivity contribution is -0.137. The van der Waals surface area contributed by atoms with Crippen molar-refractivity contribution in [3.05, 3.63) is 75.7 Å². The molecular formula is C17H11Cl2F3N4O. The van der Waals surface area contributed by atoms with Gasteiger partial charge in [0.1, 0.15) is 5.15 Å². The quantitative estimate of drug-likeness (QED) is 0.617. The van der Waals surface area contributed by atoms with E-state index in [4.69, 9.17) is 23.2 Å². The summed E-state index contributed by atoms with van der Waals surface area (Å²) < 4.78 is 39.5. The number of rotatable bonds is 4. The van der Waals surface area contributed by atoms with Crippen LogP contribution >= 0.6 is 23.2 Å². The van der Waals surface area contributed by atoms with Gasteiger partial charge in [-0.3, -0.25) is 9.48 Å². The lowest BCUT2D eigenvalue weighted by atomic mass is 10.1. The summed E-state index contributed by atoms with van der Waals surface area (Å²) >= 11 is 11.6. The number of carbonyl (C=O) groups is 1. The standard InChI is InChI=1S/C17H11Cl2F3N4O/c18-13-7-12(17(20,21)22)3-1-11(13)9-26-6-5-15(25-26)24-16(27)10-2-4-14(19)23-8-10/h1-8H,9H2,(H,24,25,27). The maximum absolute atomic E-state index is 12.7. The van der Waals surface area contributed by atoms with Crippen LogP contribution in [-0.4, -0.2) is 20.7 Å².